The van der Waals surface area contributed by atoms with Crippen LogP contribution in [0.25, 0.3) is 0 Å². The summed E-state index contributed by atoms with van der Waals surface area (Å²) in [6.07, 6.45) is 0. The lowest BCUT2D eigenvalue weighted by atomic mass is 10.2. The number of anilines is 1. The second kappa shape index (κ2) is 4.42. The van der Waals surface area contributed by atoms with Gasteiger partial charge in [0, 0.05) is 18.4 Å². The van der Waals surface area contributed by atoms with Crippen LogP contribution in [0.2, 0.25) is 0 Å². The maximum absolute atomic E-state index is 5.51. The van der Waals surface area contributed by atoms with E-state index in [9.17, 15) is 0 Å². The Hall–Kier alpha value is -1.46. The van der Waals surface area contributed by atoms with Crippen molar-refractivity contribution in [3.05, 3.63) is 29.8 Å². The quantitative estimate of drug-likeness (QED) is 0.497. The Bertz CT molecular complexity index is 292. The van der Waals surface area contributed by atoms with Crippen molar-refractivity contribution in [2.75, 3.05) is 19.5 Å². The highest BCUT2D eigenvalue weighted by Crippen LogP contribution is 2.03. The summed E-state index contributed by atoms with van der Waals surface area (Å²) in [7, 11) is 1.62. The number of nitrogen functional groups attached to an aromatic ring is 1. The molecule has 0 aliphatic carbocycles. The van der Waals surface area contributed by atoms with Crippen molar-refractivity contribution in [2.45, 2.75) is 0 Å². The number of hydrogen-bond acceptors (Lipinski definition) is 2. The van der Waals surface area contributed by atoms with Crippen molar-refractivity contribution in [1.82, 2.24) is 0 Å². The molecule has 0 spiro atoms. The molecule has 0 amide bonds. The van der Waals surface area contributed by atoms with Gasteiger partial charge in [-0.3, -0.25) is 0 Å². The van der Waals surface area contributed by atoms with Crippen LogP contribution >= 0.6 is 0 Å². The van der Waals surface area contributed by atoms with Crippen molar-refractivity contribution < 1.29 is 4.74 Å². The summed E-state index contributed by atoms with van der Waals surface area (Å²) in [6.45, 7) is 0.463. The summed E-state index contributed by atoms with van der Waals surface area (Å²) in [4.78, 5) is 0. The van der Waals surface area contributed by atoms with E-state index in [1.807, 2.05) is 24.3 Å². The summed E-state index contributed by atoms with van der Waals surface area (Å²) >= 11 is 0. The molecule has 0 unspecified atom stereocenters. The first-order valence-electron chi connectivity index (χ1n) is 3.66. The molecule has 0 aliphatic heterocycles. The van der Waals surface area contributed by atoms with Crippen LogP contribution in [-0.2, 0) is 4.74 Å². The third-order valence-electron chi connectivity index (χ3n) is 1.36. The highest BCUT2D eigenvalue weighted by atomic mass is 16.5. The Morgan fingerprint density at radius 1 is 1.33 bits per heavy atom. The number of rotatable bonds is 1. The molecular formula is C10H11NO. The van der Waals surface area contributed by atoms with Gasteiger partial charge in [0.15, 0.2) is 0 Å². The number of benzene rings is 1. The molecule has 2 nitrogen and oxygen atoms in total. The molecule has 1 aromatic carbocycles. The lowest BCUT2D eigenvalue weighted by Crippen LogP contribution is -1.84. The number of nitrogens with two attached hydrogens (primary N) is 1. The lowest BCUT2D eigenvalue weighted by molar-refractivity contribution is 0.240. The van der Waals surface area contributed by atoms with Crippen molar-refractivity contribution in [3.8, 4) is 11.8 Å². The topological polar surface area (TPSA) is 35.2 Å². The maximum Gasteiger partial charge on any atom is 0.107 e. The summed E-state index contributed by atoms with van der Waals surface area (Å²) in [5, 5.41) is 0. The monoisotopic (exact) mass is 161 g/mol. The Labute approximate surface area is 72.3 Å². The van der Waals surface area contributed by atoms with Crippen molar-refractivity contribution >= 4 is 5.69 Å². The zero-order valence-corrected chi connectivity index (χ0v) is 7.00. The second-order valence-electron chi connectivity index (χ2n) is 2.36. The third-order valence-corrected chi connectivity index (χ3v) is 1.36. The van der Waals surface area contributed by atoms with Gasteiger partial charge in [0.2, 0.25) is 0 Å². The van der Waals surface area contributed by atoms with Gasteiger partial charge in [0.05, 0.1) is 0 Å². The Kier molecular flexibility index (Phi) is 3.18. The minimum Gasteiger partial charge on any atom is -0.399 e. The van der Waals surface area contributed by atoms with Gasteiger partial charge in [0.1, 0.15) is 6.61 Å². The SMILES string of the molecule is COCC#Cc1ccc(N)cc1. The first kappa shape index (κ1) is 8.63. The van der Waals surface area contributed by atoms with E-state index >= 15 is 0 Å². The van der Waals surface area contributed by atoms with Crippen LogP contribution < -0.4 is 5.73 Å². The third kappa shape index (κ3) is 2.65. The number of hydrogen-bond donors (Lipinski definition) is 1. The van der Waals surface area contributed by atoms with Crippen LogP contribution in [0.4, 0.5) is 5.69 Å². The minimum absolute atomic E-state index is 0.463. The van der Waals surface area contributed by atoms with Crippen LogP contribution in [0.15, 0.2) is 24.3 Å². The van der Waals surface area contributed by atoms with Crippen molar-refractivity contribution in [1.29, 1.82) is 0 Å². The van der Waals surface area contributed by atoms with E-state index in [1.165, 1.54) is 0 Å². The zero-order chi connectivity index (χ0) is 8.81. The average Bonchev–Trinajstić information content (AvgIpc) is 2.09. The molecule has 12 heavy (non-hydrogen) atoms. The summed E-state index contributed by atoms with van der Waals surface area (Å²) in [5.74, 6) is 5.80. The number of ether oxygens (including phenoxy) is 1. The van der Waals surface area contributed by atoms with E-state index in [0.717, 1.165) is 11.3 Å². The van der Waals surface area contributed by atoms with E-state index in [4.69, 9.17) is 10.5 Å². The Morgan fingerprint density at radius 3 is 2.58 bits per heavy atom. The second-order valence-corrected chi connectivity index (χ2v) is 2.36. The summed E-state index contributed by atoms with van der Waals surface area (Å²) < 4.78 is 4.79. The van der Waals surface area contributed by atoms with Gasteiger partial charge in [-0.2, -0.15) is 0 Å². The van der Waals surface area contributed by atoms with E-state index in [0.29, 0.717) is 6.61 Å². The van der Waals surface area contributed by atoms with Gasteiger partial charge in [-0.25, -0.2) is 0 Å². The molecule has 2 heteroatoms. The van der Waals surface area contributed by atoms with Gasteiger partial charge < -0.3 is 10.5 Å². The van der Waals surface area contributed by atoms with Gasteiger partial charge in [-0.15, -0.1) is 0 Å². The molecule has 2 N–H and O–H groups in total. The molecule has 0 atom stereocenters. The molecule has 0 aromatic heterocycles. The Morgan fingerprint density at radius 2 is 2.00 bits per heavy atom. The highest BCUT2D eigenvalue weighted by Gasteiger charge is 1.84. The molecule has 0 heterocycles. The van der Waals surface area contributed by atoms with E-state index < -0.39 is 0 Å². The normalized spacial score (nSPS) is 8.75. The molecule has 1 rings (SSSR count). The Balaban J connectivity index is 2.66. The first-order chi connectivity index (χ1) is 5.83. The van der Waals surface area contributed by atoms with E-state index in [-0.39, 0.29) is 0 Å². The largest absolute Gasteiger partial charge is 0.399 e. The van der Waals surface area contributed by atoms with Gasteiger partial charge in [-0.05, 0) is 24.3 Å². The summed E-state index contributed by atoms with van der Waals surface area (Å²) in [6, 6.07) is 7.43. The molecular weight excluding hydrogens is 150 g/mol. The molecule has 0 bridgehead atoms. The molecule has 0 radical (unpaired) electrons. The standard InChI is InChI=1S/C10H11NO/c1-12-8-2-3-9-4-6-10(11)7-5-9/h4-7H,8,11H2,1H3. The van der Waals surface area contributed by atoms with E-state index in [1.54, 1.807) is 7.11 Å². The van der Waals surface area contributed by atoms with Crippen molar-refractivity contribution in [3.63, 3.8) is 0 Å². The van der Waals surface area contributed by atoms with Gasteiger partial charge in [0.25, 0.3) is 0 Å². The van der Waals surface area contributed by atoms with Crippen LogP contribution in [0.3, 0.4) is 0 Å². The smallest absolute Gasteiger partial charge is 0.107 e. The molecule has 1 aromatic rings. The van der Waals surface area contributed by atoms with Crippen LogP contribution in [0.1, 0.15) is 5.56 Å². The fourth-order valence-electron chi connectivity index (χ4n) is 0.777. The zero-order valence-electron chi connectivity index (χ0n) is 7.00. The van der Waals surface area contributed by atoms with Crippen LogP contribution in [0.5, 0.6) is 0 Å². The maximum atomic E-state index is 5.51. The molecule has 0 saturated heterocycles. The van der Waals surface area contributed by atoms with Crippen LogP contribution in [0, 0.1) is 11.8 Å². The fourth-order valence-corrected chi connectivity index (χ4v) is 0.777. The molecule has 0 fully saturated rings. The predicted molar refractivity (Wildman–Crippen MR) is 49.6 cm³/mol. The van der Waals surface area contributed by atoms with Crippen molar-refractivity contribution in [2.24, 2.45) is 0 Å². The fraction of sp³-hybridized carbons (Fsp3) is 0.200. The molecule has 0 saturated carbocycles. The summed E-state index contributed by atoms with van der Waals surface area (Å²) in [5.41, 5.74) is 7.22. The van der Waals surface area contributed by atoms with Gasteiger partial charge >= 0.3 is 0 Å². The predicted octanol–water partition coefficient (Wildman–Crippen LogP) is 1.27. The average molecular weight is 161 g/mol. The van der Waals surface area contributed by atoms with E-state index in [2.05, 4.69) is 11.8 Å². The van der Waals surface area contributed by atoms with Gasteiger partial charge in [-0.1, -0.05) is 11.8 Å². The lowest BCUT2D eigenvalue weighted by Gasteiger charge is -1.91. The first-order valence-corrected chi connectivity index (χ1v) is 3.66. The molecule has 0 aliphatic rings. The minimum atomic E-state index is 0.463. The van der Waals surface area contributed by atoms with Crippen LogP contribution in [-0.4, -0.2) is 13.7 Å². The number of methoxy groups -OCH3 is 1. The molecule has 62 valence electrons. The highest BCUT2D eigenvalue weighted by molar-refractivity contribution is 5.44.